The minimum atomic E-state index is 0.0409. The van der Waals surface area contributed by atoms with Gasteiger partial charge in [0.25, 0.3) is 5.91 Å². The van der Waals surface area contributed by atoms with E-state index in [1.807, 2.05) is 24.3 Å². The van der Waals surface area contributed by atoms with Crippen molar-refractivity contribution in [3.05, 3.63) is 29.8 Å². The molecule has 1 N–H and O–H groups in total. The number of para-hydroxylation sites is 1. The predicted molar refractivity (Wildman–Crippen MR) is 81.6 cm³/mol. The van der Waals surface area contributed by atoms with Gasteiger partial charge in [0, 0.05) is 25.8 Å². The molecule has 3 nitrogen and oxygen atoms in total. The van der Waals surface area contributed by atoms with Crippen molar-refractivity contribution in [2.75, 3.05) is 19.4 Å². The largest absolute Gasteiger partial charge is 0.382 e. The zero-order chi connectivity index (χ0) is 14.4. The first-order valence-electron chi connectivity index (χ1n) is 6.99. The summed E-state index contributed by atoms with van der Waals surface area (Å²) in [4.78, 5) is 13.7. The third kappa shape index (κ3) is 4.93. The first kappa shape index (κ1) is 15.5. The van der Waals surface area contributed by atoms with Gasteiger partial charge in [-0.1, -0.05) is 26.0 Å². The summed E-state index contributed by atoms with van der Waals surface area (Å²) in [6, 6.07) is 8.09. The molecular weight excluding hydrogens is 236 g/mol. The molecule has 1 unspecified atom stereocenters. The summed E-state index contributed by atoms with van der Waals surface area (Å²) in [5.41, 5.74) is 1.67. The van der Waals surface area contributed by atoms with Crippen LogP contribution in [0, 0.1) is 5.92 Å². The minimum absolute atomic E-state index is 0.0409. The monoisotopic (exact) mass is 262 g/mol. The fourth-order valence-electron chi connectivity index (χ4n) is 1.96. The highest BCUT2D eigenvalue weighted by atomic mass is 16.2. The van der Waals surface area contributed by atoms with Crippen molar-refractivity contribution in [2.24, 2.45) is 5.92 Å². The van der Waals surface area contributed by atoms with E-state index >= 15 is 0 Å². The van der Waals surface area contributed by atoms with Crippen molar-refractivity contribution in [3.8, 4) is 0 Å². The van der Waals surface area contributed by atoms with E-state index in [0.29, 0.717) is 12.0 Å². The summed E-state index contributed by atoms with van der Waals surface area (Å²) in [7, 11) is 3.56. The van der Waals surface area contributed by atoms with Crippen LogP contribution in [0.4, 0.5) is 5.69 Å². The Balaban J connectivity index is 2.75. The Bertz CT molecular complexity index is 413. The number of rotatable bonds is 6. The molecule has 1 atom stereocenters. The highest BCUT2D eigenvalue weighted by Crippen LogP contribution is 2.19. The average Bonchev–Trinajstić information content (AvgIpc) is 2.36. The van der Waals surface area contributed by atoms with Gasteiger partial charge in [-0.05, 0) is 37.8 Å². The third-order valence-electron chi connectivity index (χ3n) is 3.14. The van der Waals surface area contributed by atoms with Gasteiger partial charge in [-0.15, -0.1) is 0 Å². The van der Waals surface area contributed by atoms with Crippen molar-refractivity contribution in [2.45, 2.75) is 39.7 Å². The van der Waals surface area contributed by atoms with Crippen LogP contribution in [0.3, 0.4) is 0 Å². The first-order chi connectivity index (χ1) is 8.91. The normalized spacial score (nSPS) is 12.3. The number of nitrogens with zero attached hydrogens (tertiary/aromatic N) is 1. The summed E-state index contributed by atoms with van der Waals surface area (Å²) in [5.74, 6) is 0.752. The molecule has 0 spiro atoms. The molecule has 0 fully saturated rings. The Morgan fingerprint density at radius 1 is 1.16 bits per heavy atom. The van der Waals surface area contributed by atoms with Crippen LogP contribution in [0.15, 0.2) is 24.3 Å². The predicted octanol–water partition coefficient (Wildman–Crippen LogP) is 3.63. The maximum absolute atomic E-state index is 12.1. The number of benzene rings is 1. The number of carbonyl (C=O) groups excluding carboxylic acids is 1. The van der Waals surface area contributed by atoms with Crippen molar-refractivity contribution in [1.82, 2.24) is 4.90 Å². The summed E-state index contributed by atoms with van der Waals surface area (Å²) in [5, 5.41) is 3.45. The summed E-state index contributed by atoms with van der Waals surface area (Å²) < 4.78 is 0. The van der Waals surface area contributed by atoms with E-state index in [2.05, 4.69) is 26.1 Å². The van der Waals surface area contributed by atoms with E-state index in [1.165, 1.54) is 6.42 Å². The van der Waals surface area contributed by atoms with Gasteiger partial charge in [0.2, 0.25) is 0 Å². The van der Waals surface area contributed by atoms with E-state index in [9.17, 15) is 4.79 Å². The van der Waals surface area contributed by atoms with Gasteiger partial charge in [0.15, 0.2) is 0 Å². The van der Waals surface area contributed by atoms with Crippen LogP contribution in [0.5, 0.6) is 0 Å². The lowest BCUT2D eigenvalue weighted by Crippen LogP contribution is -2.24. The molecule has 106 valence electrons. The highest BCUT2D eigenvalue weighted by molar-refractivity contribution is 5.99. The van der Waals surface area contributed by atoms with Crippen LogP contribution in [-0.2, 0) is 0 Å². The molecule has 1 amide bonds. The van der Waals surface area contributed by atoms with Crippen molar-refractivity contribution in [3.63, 3.8) is 0 Å². The lowest BCUT2D eigenvalue weighted by atomic mass is 10.0. The Morgan fingerprint density at radius 2 is 1.79 bits per heavy atom. The van der Waals surface area contributed by atoms with Crippen LogP contribution >= 0.6 is 0 Å². The fraction of sp³-hybridized carbons (Fsp3) is 0.562. The maximum Gasteiger partial charge on any atom is 0.255 e. The second kappa shape index (κ2) is 7.17. The summed E-state index contributed by atoms with van der Waals surface area (Å²) >= 11 is 0. The SMILES string of the molecule is CC(C)CCC(C)Nc1ccccc1C(=O)N(C)C. The molecular formula is C16H26N2O. The van der Waals surface area contributed by atoms with Crippen molar-refractivity contribution < 1.29 is 4.79 Å². The van der Waals surface area contributed by atoms with E-state index in [0.717, 1.165) is 17.7 Å². The fourth-order valence-corrected chi connectivity index (χ4v) is 1.96. The molecule has 1 aromatic carbocycles. The maximum atomic E-state index is 12.1. The van der Waals surface area contributed by atoms with E-state index in [-0.39, 0.29) is 5.91 Å². The van der Waals surface area contributed by atoms with E-state index in [1.54, 1.807) is 19.0 Å². The van der Waals surface area contributed by atoms with Gasteiger partial charge < -0.3 is 10.2 Å². The average molecular weight is 262 g/mol. The Kier molecular flexibility index (Phi) is 5.87. The molecule has 0 bridgehead atoms. The first-order valence-corrected chi connectivity index (χ1v) is 6.99. The van der Waals surface area contributed by atoms with Crippen molar-refractivity contribution in [1.29, 1.82) is 0 Å². The lowest BCUT2D eigenvalue weighted by Gasteiger charge is -2.20. The lowest BCUT2D eigenvalue weighted by molar-refractivity contribution is 0.0828. The number of amides is 1. The van der Waals surface area contributed by atoms with Crippen molar-refractivity contribution >= 4 is 11.6 Å². The molecule has 0 saturated heterocycles. The molecule has 0 aliphatic heterocycles. The van der Waals surface area contributed by atoms with E-state index in [4.69, 9.17) is 0 Å². The summed E-state index contributed by atoms with van der Waals surface area (Å²) in [6.07, 6.45) is 2.31. The molecule has 1 rings (SSSR count). The Morgan fingerprint density at radius 3 is 2.37 bits per heavy atom. The van der Waals surface area contributed by atoms with Crippen LogP contribution in [0.25, 0.3) is 0 Å². The Hall–Kier alpha value is -1.51. The zero-order valence-corrected chi connectivity index (χ0v) is 12.7. The number of nitrogens with one attached hydrogen (secondary N) is 1. The number of hydrogen-bond donors (Lipinski definition) is 1. The molecule has 0 aliphatic carbocycles. The van der Waals surface area contributed by atoms with Crippen LogP contribution < -0.4 is 5.32 Å². The topological polar surface area (TPSA) is 32.3 Å². The van der Waals surface area contributed by atoms with Gasteiger partial charge in [-0.25, -0.2) is 0 Å². The summed E-state index contributed by atoms with van der Waals surface area (Å²) in [6.45, 7) is 6.63. The molecule has 19 heavy (non-hydrogen) atoms. The highest BCUT2D eigenvalue weighted by Gasteiger charge is 2.14. The number of carbonyl (C=O) groups is 1. The molecule has 0 radical (unpaired) electrons. The molecule has 3 heteroatoms. The molecule has 0 aliphatic rings. The smallest absolute Gasteiger partial charge is 0.255 e. The standard InChI is InChI=1S/C16H26N2O/c1-12(2)10-11-13(3)17-15-9-7-6-8-14(15)16(19)18(4)5/h6-9,12-13,17H,10-11H2,1-5H3. The number of hydrogen-bond acceptors (Lipinski definition) is 2. The van der Waals surface area contributed by atoms with Crippen LogP contribution in [0.1, 0.15) is 44.0 Å². The second-order valence-corrected chi connectivity index (χ2v) is 5.76. The minimum Gasteiger partial charge on any atom is -0.382 e. The molecule has 0 aromatic heterocycles. The zero-order valence-electron chi connectivity index (χ0n) is 12.7. The van der Waals surface area contributed by atoms with Gasteiger partial charge >= 0.3 is 0 Å². The second-order valence-electron chi connectivity index (χ2n) is 5.76. The third-order valence-corrected chi connectivity index (χ3v) is 3.14. The molecule has 1 aromatic rings. The Labute approximate surface area is 117 Å². The van der Waals surface area contributed by atoms with E-state index < -0.39 is 0 Å². The van der Waals surface area contributed by atoms with Gasteiger partial charge in [0.05, 0.1) is 5.56 Å². The number of anilines is 1. The van der Waals surface area contributed by atoms with Gasteiger partial charge in [0.1, 0.15) is 0 Å². The van der Waals surface area contributed by atoms with Crippen LogP contribution in [0.2, 0.25) is 0 Å². The van der Waals surface area contributed by atoms with Gasteiger partial charge in [-0.2, -0.15) is 0 Å². The van der Waals surface area contributed by atoms with Crippen LogP contribution in [-0.4, -0.2) is 30.9 Å². The molecule has 0 heterocycles. The molecule has 0 saturated carbocycles. The van der Waals surface area contributed by atoms with Gasteiger partial charge in [-0.3, -0.25) is 4.79 Å². The quantitative estimate of drug-likeness (QED) is 0.849.